The molecule has 1 aliphatic carbocycles. The molecule has 0 spiro atoms. The maximum absolute atomic E-state index is 14.9. The summed E-state index contributed by atoms with van der Waals surface area (Å²) >= 11 is 0. The maximum atomic E-state index is 14.9. The summed E-state index contributed by atoms with van der Waals surface area (Å²) in [4.78, 5) is 17.0. The number of hydrogen-bond donors (Lipinski definition) is 4. The van der Waals surface area contributed by atoms with Crippen LogP contribution in [0.25, 0.3) is 0 Å². The molecule has 0 atom stereocenters. The molecule has 0 amide bonds. The van der Waals surface area contributed by atoms with Gasteiger partial charge in [-0.05, 0) is 70.5 Å². The third kappa shape index (κ3) is 6.40. The van der Waals surface area contributed by atoms with E-state index in [0.29, 0.717) is 33.9 Å². The zero-order chi connectivity index (χ0) is 27.6. The van der Waals surface area contributed by atoms with E-state index in [4.69, 9.17) is 10.5 Å². The topological polar surface area (TPSA) is 125 Å². The van der Waals surface area contributed by atoms with Gasteiger partial charge in [-0.3, -0.25) is 0 Å². The normalized spacial score (nSPS) is 13.5. The molecule has 4 rings (SSSR count). The summed E-state index contributed by atoms with van der Waals surface area (Å²) in [5, 5.41) is 16.9. The van der Waals surface area contributed by atoms with Crippen LogP contribution in [0.3, 0.4) is 0 Å². The van der Waals surface area contributed by atoms with Gasteiger partial charge in [-0.2, -0.15) is 4.98 Å². The summed E-state index contributed by atoms with van der Waals surface area (Å²) in [5.74, 6) is 0.904. The van der Waals surface area contributed by atoms with Gasteiger partial charge >= 0.3 is 0 Å². The first-order chi connectivity index (χ1) is 18.0. The van der Waals surface area contributed by atoms with E-state index in [1.54, 1.807) is 33.1 Å². The predicted octanol–water partition coefficient (Wildman–Crippen LogP) is 4.19. The summed E-state index contributed by atoms with van der Waals surface area (Å²) in [6, 6.07) is 6.77. The van der Waals surface area contributed by atoms with Crippen LogP contribution < -0.4 is 26.0 Å². The summed E-state index contributed by atoms with van der Waals surface area (Å²) in [6.07, 6.45) is 3.26. The molecule has 1 fully saturated rings. The average molecular weight is 525 g/mol. The first-order valence-corrected chi connectivity index (χ1v) is 12.6. The lowest BCUT2D eigenvalue weighted by molar-refractivity contribution is 0.0792. The van der Waals surface area contributed by atoms with Crippen LogP contribution in [0.15, 0.2) is 30.6 Å². The minimum atomic E-state index is -1.19. The number of aromatic nitrogens is 3. The van der Waals surface area contributed by atoms with Gasteiger partial charge in [0.2, 0.25) is 11.9 Å². The summed E-state index contributed by atoms with van der Waals surface area (Å²) in [5.41, 5.74) is 8.78. The van der Waals surface area contributed by atoms with E-state index in [1.807, 2.05) is 27.2 Å². The van der Waals surface area contributed by atoms with E-state index in [-0.39, 0.29) is 23.6 Å². The fourth-order valence-electron chi connectivity index (χ4n) is 4.22. The Morgan fingerprint density at radius 1 is 1.05 bits per heavy atom. The Morgan fingerprint density at radius 3 is 2.29 bits per heavy atom. The average Bonchev–Trinajstić information content (AvgIpc) is 3.67. The van der Waals surface area contributed by atoms with Gasteiger partial charge in [0.15, 0.2) is 0 Å². The molecule has 0 unspecified atom stereocenters. The third-order valence-corrected chi connectivity index (χ3v) is 6.52. The van der Waals surface area contributed by atoms with Crippen molar-refractivity contribution >= 4 is 34.6 Å². The smallest absolute Gasteiger partial charge is 0.232 e. The van der Waals surface area contributed by atoms with Crippen molar-refractivity contribution in [2.24, 2.45) is 0 Å². The van der Waals surface area contributed by atoms with E-state index in [1.165, 1.54) is 12.4 Å². The van der Waals surface area contributed by atoms with Gasteiger partial charge in [-0.1, -0.05) is 0 Å². The minimum Gasteiger partial charge on any atom is -0.494 e. The Bertz CT molecular complexity index is 1290. The van der Waals surface area contributed by atoms with Gasteiger partial charge in [0.25, 0.3) is 0 Å². The second kappa shape index (κ2) is 11.0. The number of ether oxygens (including phenoxy) is 1. The van der Waals surface area contributed by atoms with Gasteiger partial charge < -0.3 is 36.0 Å². The summed E-state index contributed by atoms with van der Waals surface area (Å²) in [6.45, 7) is 5.01. The van der Waals surface area contributed by atoms with Crippen molar-refractivity contribution in [2.45, 2.75) is 38.2 Å². The van der Waals surface area contributed by atoms with E-state index >= 15 is 0 Å². The van der Waals surface area contributed by atoms with Crippen molar-refractivity contribution in [3.8, 4) is 5.75 Å². The lowest BCUT2D eigenvalue weighted by atomic mass is 9.93. The molecule has 0 bridgehead atoms. The zero-order valence-electron chi connectivity index (χ0n) is 22.8. The molecule has 1 saturated carbocycles. The first kappa shape index (κ1) is 27.3. The van der Waals surface area contributed by atoms with Gasteiger partial charge in [-0.15, -0.1) is 0 Å². The number of nitrogens with one attached hydrogen (secondary N) is 2. The fourth-order valence-corrected chi connectivity index (χ4v) is 4.22. The van der Waals surface area contributed by atoms with Crippen LogP contribution in [0.2, 0.25) is 0 Å². The predicted molar refractivity (Wildman–Crippen MR) is 149 cm³/mol. The molecule has 0 radical (unpaired) electrons. The van der Waals surface area contributed by atoms with Gasteiger partial charge in [0.1, 0.15) is 17.9 Å². The standard InChI is InChI=1S/C27H37FN8O2/c1-27(2,37)18-11-17(16-7-8-16)19(28)12-21(18)32-25-30-15-31-26(34-25)33-22-13-20(29)23(14-24(22)38-6)36(5)10-9-35(3)4/h11-16,37H,7-10,29H2,1-6H3,(H2,30,31,32,33,34). The number of nitrogens with zero attached hydrogens (tertiary/aromatic N) is 5. The lowest BCUT2D eigenvalue weighted by Crippen LogP contribution is -2.29. The molecule has 1 aromatic heterocycles. The number of hydrogen-bond acceptors (Lipinski definition) is 10. The number of nitrogens with two attached hydrogens (primary N) is 1. The molecule has 11 heteroatoms. The Morgan fingerprint density at radius 2 is 1.71 bits per heavy atom. The number of aliphatic hydroxyl groups is 1. The van der Waals surface area contributed by atoms with Crippen LogP contribution in [0, 0.1) is 5.82 Å². The summed E-state index contributed by atoms with van der Waals surface area (Å²) in [7, 11) is 7.61. The fraction of sp³-hybridized carbons (Fsp3) is 0.444. The van der Waals surface area contributed by atoms with E-state index < -0.39 is 5.60 Å². The summed E-state index contributed by atoms with van der Waals surface area (Å²) < 4.78 is 20.5. The van der Waals surface area contributed by atoms with Gasteiger partial charge in [0.05, 0.1) is 29.8 Å². The van der Waals surface area contributed by atoms with Crippen LogP contribution in [-0.2, 0) is 5.60 Å². The molecular formula is C27H37FN8O2. The molecule has 38 heavy (non-hydrogen) atoms. The van der Waals surface area contributed by atoms with Crippen LogP contribution in [0.4, 0.5) is 39.0 Å². The Balaban J connectivity index is 1.58. The minimum absolute atomic E-state index is 0.193. The lowest BCUT2D eigenvalue weighted by Gasteiger charge is -2.24. The molecule has 2 aromatic carbocycles. The number of anilines is 6. The quantitative estimate of drug-likeness (QED) is 0.271. The van der Waals surface area contributed by atoms with Crippen molar-refractivity contribution in [1.29, 1.82) is 0 Å². The first-order valence-electron chi connectivity index (χ1n) is 12.6. The highest BCUT2D eigenvalue weighted by atomic mass is 19.1. The van der Waals surface area contributed by atoms with Crippen molar-refractivity contribution in [3.63, 3.8) is 0 Å². The highest BCUT2D eigenvalue weighted by Gasteiger charge is 2.30. The molecule has 10 nitrogen and oxygen atoms in total. The van der Waals surface area contributed by atoms with E-state index in [0.717, 1.165) is 31.6 Å². The van der Waals surface area contributed by atoms with Crippen LogP contribution >= 0.6 is 0 Å². The number of methoxy groups -OCH3 is 1. The van der Waals surface area contributed by atoms with Crippen LogP contribution in [-0.4, -0.2) is 66.3 Å². The Kier molecular flexibility index (Phi) is 7.89. The number of benzene rings is 2. The molecule has 1 heterocycles. The van der Waals surface area contributed by atoms with E-state index in [9.17, 15) is 9.50 Å². The molecule has 3 aromatic rings. The number of nitrogen functional groups attached to an aromatic ring is 1. The van der Waals surface area contributed by atoms with Gasteiger partial charge in [0, 0.05) is 37.5 Å². The molecule has 204 valence electrons. The third-order valence-electron chi connectivity index (χ3n) is 6.52. The Hall–Kier alpha value is -3.70. The molecule has 0 saturated heterocycles. The zero-order valence-corrected chi connectivity index (χ0v) is 22.8. The highest BCUT2D eigenvalue weighted by molar-refractivity contribution is 5.79. The van der Waals surface area contributed by atoms with E-state index in [2.05, 4.69) is 35.4 Å². The van der Waals surface area contributed by atoms with Crippen LogP contribution in [0.5, 0.6) is 5.75 Å². The highest BCUT2D eigenvalue weighted by Crippen LogP contribution is 2.44. The monoisotopic (exact) mass is 524 g/mol. The van der Waals surface area contributed by atoms with Gasteiger partial charge in [-0.25, -0.2) is 14.4 Å². The Labute approximate surface area is 223 Å². The number of rotatable bonds is 11. The second-order valence-corrected chi connectivity index (χ2v) is 10.5. The van der Waals surface area contributed by atoms with Crippen molar-refractivity contribution in [2.75, 3.05) is 62.6 Å². The molecule has 5 N–H and O–H groups in total. The van der Waals surface area contributed by atoms with Crippen molar-refractivity contribution < 1.29 is 14.2 Å². The molecule has 0 aliphatic heterocycles. The van der Waals surface area contributed by atoms with Crippen molar-refractivity contribution in [1.82, 2.24) is 19.9 Å². The maximum Gasteiger partial charge on any atom is 0.232 e. The molecule has 1 aliphatic rings. The number of likely N-dealkylation sites (N-methyl/N-ethyl adjacent to an activating group) is 2. The number of halogens is 1. The largest absolute Gasteiger partial charge is 0.494 e. The second-order valence-electron chi connectivity index (χ2n) is 10.5. The molecular weight excluding hydrogens is 487 g/mol. The van der Waals surface area contributed by atoms with Crippen LogP contribution in [0.1, 0.15) is 43.7 Å². The van der Waals surface area contributed by atoms with Crippen molar-refractivity contribution in [3.05, 3.63) is 47.5 Å². The SMILES string of the molecule is COc1cc(N(C)CCN(C)C)c(N)cc1Nc1ncnc(Nc2cc(F)c(C3CC3)cc2C(C)(C)O)n1.